The third-order valence-electron chi connectivity index (χ3n) is 4.72. The average molecular weight is 433 g/mol. The van der Waals surface area contributed by atoms with Gasteiger partial charge in [-0.15, -0.1) is 0 Å². The molecule has 2 atom stereocenters. The highest BCUT2D eigenvalue weighted by Crippen LogP contribution is 2.27. The zero-order valence-corrected chi connectivity index (χ0v) is 18.3. The quantitative estimate of drug-likeness (QED) is 0.705. The molecule has 1 heterocycles. The molecule has 2 unspecified atom stereocenters. The molecule has 0 saturated carbocycles. The Morgan fingerprint density at radius 3 is 1.27 bits per heavy atom. The Morgan fingerprint density at radius 1 is 0.500 bits per heavy atom. The van der Waals surface area contributed by atoms with Gasteiger partial charge >= 0.3 is 0 Å². The van der Waals surface area contributed by atoms with Crippen molar-refractivity contribution in [1.82, 2.24) is 0 Å². The fourth-order valence-corrected chi connectivity index (χ4v) is 4.28. The summed E-state index contributed by atoms with van der Waals surface area (Å²) >= 11 is 1.85. The molecule has 1 fully saturated rings. The molecule has 0 bridgehead atoms. The van der Waals surface area contributed by atoms with Gasteiger partial charge in [-0.1, -0.05) is 60.7 Å². The van der Waals surface area contributed by atoms with Gasteiger partial charge in [0.2, 0.25) is 0 Å². The molecule has 2 aromatic carbocycles. The molecule has 0 aromatic heterocycles. The van der Waals surface area contributed by atoms with Crippen LogP contribution in [-0.4, -0.2) is 64.4 Å². The van der Waals surface area contributed by atoms with Crippen LogP contribution >= 0.6 is 11.8 Å². The second-order valence-corrected chi connectivity index (χ2v) is 7.99. The summed E-state index contributed by atoms with van der Waals surface area (Å²) < 4.78 is 29.1. The molecule has 0 aliphatic carbocycles. The van der Waals surface area contributed by atoms with Crippen LogP contribution in [-0.2, 0) is 23.7 Å². The highest BCUT2D eigenvalue weighted by molar-refractivity contribution is 7.99. The maximum atomic E-state index is 6.17. The Balaban J connectivity index is 1.61. The zero-order valence-electron chi connectivity index (χ0n) is 17.4. The van der Waals surface area contributed by atoms with Gasteiger partial charge in [0.1, 0.15) is 0 Å². The summed E-state index contributed by atoms with van der Waals surface area (Å²) in [7, 11) is 0. The molecule has 2 aromatic rings. The van der Waals surface area contributed by atoms with Crippen LogP contribution in [0.3, 0.4) is 0 Å². The van der Waals surface area contributed by atoms with Gasteiger partial charge in [-0.3, -0.25) is 0 Å². The first kappa shape index (κ1) is 23.3. The summed E-state index contributed by atoms with van der Waals surface area (Å²) in [5, 5.41) is 0. The lowest BCUT2D eigenvalue weighted by molar-refractivity contribution is -0.0260. The fourth-order valence-electron chi connectivity index (χ4n) is 3.14. The lowest BCUT2D eigenvalue weighted by atomic mass is 10.1. The molecule has 1 aliphatic heterocycles. The lowest BCUT2D eigenvalue weighted by Crippen LogP contribution is -2.17. The van der Waals surface area contributed by atoms with Crippen LogP contribution in [0.25, 0.3) is 0 Å². The first-order valence-corrected chi connectivity index (χ1v) is 11.7. The summed E-state index contributed by atoms with van der Waals surface area (Å²) in [4.78, 5) is 0. The summed E-state index contributed by atoms with van der Waals surface area (Å²) in [6.45, 7) is 4.49. The molecule has 1 aliphatic rings. The van der Waals surface area contributed by atoms with Crippen molar-refractivity contribution < 1.29 is 23.7 Å². The van der Waals surface area contributed by atoms with Crippen molar-refractivity contribution in [3.8, 4) is 0 Å². The van der Waals surface area contributed by atoms with Gasteiger partial charge in [-0.25, -0.2) is 0 Å². The van der Waals surface area contributed by atoms with Crippen molar-refractivity contribution in [3.05, 3.63) is 71.8 Å². The zero-order chi connectivity index (χ0) is 20.7. The van der Waals surface area contributed by atoms with E-state index in [1.165, 1.54) is 11.1 Å². The van der Waals surface area contributed by atoms with Gasteiger partial charge in [-0.05, 0) is 11.1 Å². The molecule has 0 amide bonds. The van der Waals surface area contributed by atoms with Gasteiger partial charge in [0.15, 0.2) is 0 Å². The maximum absolute atomic E-state index is 6.17. The third-order valence-corrected chi connectivity index (χ3v) is 5.80. The van der Waals surface area contributed by atoms with E-state index in [4.69, 9.17) is 23.7 Å². The number of thioether (sulfide) groups is 1. The molecular formula is C24H32O5S. The van der Waals surface area contributed by atoms with Crippen LogP contribution < -0.4 is 0 Å². The molecular weight excluding hydrogens is 400 g/mol. The summed E-state index contributed by atoms with van der Waals surface area (Å²) in [6.07, 6.45) is 0.0457. The first-order valence-electron chi connectivity index (χ1n) is 10.6. The third kappa shape index (κ3) is 8.76. The van der Waals surface area contributed by atoms with Gasteiger partial charge in [0.25, 0.3) is 0 Å². The Kier molecular flexibility index (Phi) is 11.3. The topological polar surface area (TPSA) is 46.2 Å². The highest BCUT2D eigenvalue weighted by atomic mass is 32.2. The van der Waals surface area contributed by atoms with Crippen molar-refractivity contribution in [3.63, 3.8) is 0 Å². The fraction of sp³-hybridized carbons (Fsp3) is 0.500. The number of hydrogen-bond acceptors (Lipinski definition) is 6. The SMILES string of the molecule is c1ccc(C2CSCC(c3ccccc3)OCCOCCOCCOCCO2)cc1. The molecule has 5 nitrogen and oxygen atoms in total. The van der Waals surface area contributed by atoms with Gasteiger partial charge in [0.05, 0.1) is 65.1 Å². The van der Waals surface area contributed by atoms with Crippen molar-refractivity contribution in [2.45, 2.75) is 12.2 Å². The molecule has 6 heteroatoms. The molecule has 30 heavy (non-hydrogen) atoms. The largest absolute Gasteiger partial charge is 0.377 e. The standard InChI is InChI=1S/C24H32O5S/c1-3-7-21(8-4-1)23-19-30-20-24(22-9-5-2-6-10-22)29-18-16-27-14-12-25-11-13-26-15-17-28-23/h1-10,23-24H,11-20H2. The summed E-state index contributed by atoms with van der Waals surface area (Å²) in [5.74, 6) is 1.71. The lowest BCUT2D eigenvalue weighted by Gasteiger charge is -2.22. The molecule has 164 valence electrons. The molecule has 1 saturated heterocycles. The monoisotopic (exact) mass is 432 g/mol. The van der Waals surface area contributed by atoms with E-state index in [2.05, 4.69) is 48.5 Å². The number of benzene rings is 2. The van der Waals surface area contributed by atoms with Crippen molar-refractivity contribution in [2.24, 2.45) is 0 Å². The van der Waals surface area contributed by atoms with Gasteiger partial charge < -0.3 is 23.7 Å². The van der Waals surface area contributed by atoms with E-state index in [-0.39, 0.29) is 12.2 Å². The molecule has 0 radical (unpaired) electrons. The van der Waals surface area contributed by atoms with Crippen LogP contribution in [0.4, 0.5) is 0 Å². The van der Waals surface area contributed by atoms with E-state index < -0.39 is 0 Å². The summed E-state index contributed by atoms with van der Waals surface area (Å²) in [6, 6.07) is 20.8. The van der Waals surface area contributed by atoms with Crippen LogP contribution in [0.2, 0.25) is 0 Å². The van der Waals surface area contributed by atoms with Gasteiger partial charge in [-0.2, -0.15) is 11.8 Å². The smallest absolute Gasteiger partial charge is 0.0916 e. The molecule has 0 spiro atoms. The predicted octanol–water partition coefficient (Wildman–Crippen LogP) is 4.30. The highest BCUT2D eigenvalue weighted by Gasteiger charge is 2.16. The summed E-state index contributed by atoms with van der Waals surface area (Å²) in [5.41, 5.74) is 2.38. The molecule has 0 N–H and O–H groups in total. The number of ether oxygens (including phenoxy) is 5. The average Bonchev–Trinajstić information content (AvgIpc) is 2.80. The van der Waals surface area contributed by atoms with Crippen LogP contribution in [0.15, 0.2) is 60.7 Å². The Bertz CT molecular complexity index is 612. The second-order valence-electron chi connectivity index (χ2n) is 6.91. The van der Waals surface area contributed by atoms with E-state index in [0.29, 0.717) is 52.9 Å². The van der Waals surface area contributed by atoms with Crippen molar-refractivity contribution in [1.29, 1.82) is 0 Å². The minimum absolute atomic E-state index is 0.0229. The van der Waals surface area contributed by atoms with E-state index in [1.54, 1.807) is 0 Å². The maximum Gasteiger partial charge on any atom is 0.0916 e. The Hall–Kier alpha value is -1.41. The van der Waals surface area contributed by atoms with E-state index in [1.807, 2.05) is 23.9 Å². The normalized spacial score (nSPS) is 23.9. The van der Waals surface area contributed by atoms with Crippen LogP contribution in [0.1, 0.15) is 23.3 Å². The van der Waals surface area contributed by atoms with Crippen molar-refractivity contribution >= 4 is 11.8 Å². The van der Waals surface area contributed by atoms with E-state index in [0.717, 1.165) is 11.5 Å². The minimum atomic E-state index is 0.0229. The van der Waals surface area contributed by atoms with E-state index >= 15 is 0 Å². The predicted molar refractivity (Wildman–Crippen MR) is 120 cm³/mol. The Morgan fingerprint density at radius 2 is 0.867 bits per heavy atom. The van der Waals surface area contributed by atoms with Crippen molar-refractivity contribution in [2.75, 3.05) is 64.4 Å². The molecule has 3 rings (SSSR count). The van der Waals surface area contributed by atoms with Crippen LogP contribution in [0, 0.1) is 0 Å². The minimum Gasteiger partial charge on any atom is -0.377 e. The Labute approximate surface area is 184 Å². The van der Waals surface area contributed by atoms with Crippen LogP contribution in [0.5, 0.6) is 0 Å². The van der Waals surface area contributed by atoms with Gasteiger partial charge in [0, 0.05) is 11.5 Å². The number of hydrogen-bond donors (Lipinski definition) is 0. The van der Waals surface area contributed by atoms with E-state index in [9.17, 15) is 0 Å². The second kappa shape index (κ2) is 14.6. The number of rotatable bonds is 2. The first-order chi connectivity index (χ1) is 14.9.